The van der Waals surface area contributed by atoms with Crippen molar-refractivity contribution in [3.05, 3.63) is 12.2 Å². The summed E-state index contributed by atoms with van der Waals surface area (Å²) >= 11 is 0. The molecule has 2 N–H and O–H groups in total. The summed E-state index contributed by atoms with van der Waals surface area (Å²) in [5.74, 6) is -1.05. The van der Waals surface area contributed by atoms with Gasteiger partial charge in [-0.1, -0.05) is 12.2 Å². The first-order chi connectivity index (χ1) is 7.43. The molecule has 0 rings (SSSR count). The number of carbonyl (C=O) groups is 2. The number of urea groups is 1. The van der Waals surface area contributed by atoms with E-state index in [1.807, 2.05) is 6.92 Å². The molecule has 6 heteroatoms. The predicted molar refractivity (Wildman–Crippen MR) is 59.3 cm³/mol. The Morgan fingerprint density at radius 2 is 2.12 bits per heavy atom. The predicted octanol–water partition coefficient (Wildman–Crippen LogP) is 0.305. The first-order valence-electron chi connectivity index (χ1n) is 4.86. The molecule has 0 radical (unpaired) electrons. The summed E-state index contributed by atoms with van der Waals surface area (Å²) in [7, 11) is 1.41. The van der Waals surface area contributed by atoms with Crippen molar-refractivity contribution in [2.45, 2.75) is 6.92 Å². The molecule has 0 bridgehead atoms. The normalized spacial score (nSPS) is 9.62. The lowest BCUT2D eigenvalue weighted by Crippen LogP contribution is -2.41. The minimum Gasteiger partial charge on any atom is -0.480 e. The molecule has 0 unspecified atom stereocenters. The van der Waals surface area contributed by atoms with Gasteiger partial charge >= 0.3 is 12.0 Å². The number of aliphatic carboxylic acids is 1. The zero-order valence-electron chi connectivity index (χ0n) is 9.65. The zero-order chi connectivity index (χ0) is 12.6. The van der Waals surface area contributed by atoms with E-state index in [-0.39, 0.29) is 6.54 Å². The largest absolute Gasteiger partial charge is 0.480 e. The average Bonchev–Trinajstić information content (AvgIpc) is 2.15. The number of nitrogens with zero attached hydrogens (tertiary/aromatic N) is 1. The fourth-order valence-electron chi connectivity index (χ4n) is 0.886. The van der Waals surface area contributed by atoms with E-state index in [1.54, 1.807) is 0 Å². The van der Waals surface area contributed by atoms with Gasteiger partial charge in [-0.05, 0) is 6.92 Å². The third-order valence-corrected chi connectivity index (χ3v) is 1.59. The van der Waals surface area contributed by atoms with Crippen LogP contribution in [0.15, 0.2) is 12.2 Å². The number of amides is 2. The van der Waals surface area contributed by atoms with Crippen molar-refractivity contribution in [3.63, 3.8) is 0 Å². The van der Waals surface area contributed by atoms with Crippen molar-refractivity contribution in [2.75, 3.05) is 33.4 Å². The Bertz CT molecular complexity index is 266. The highest BCUT2D eigenvalue weighted by atomic mass is 16.5. The molecule has 0 aromatic rings. The highest BCUT2D eigenvalue weighted by Gasteiger charge is 2.10. The quantitative estimate of drug-likeness (QED) is 0.487. The van der Waals surface area contributed by atoms with Gasteiger partial charge in [-0.2, -0.15) is 0 Å². The van der Waals surface area contributed by atoms with Gasteiger partial charge in [0.15, 0.2) is 0 Å². The Kier molecular flexibility index (Phi) is 6.95. The molecule has 0 aromatic heterocycles. The van der Waals surface area contributed by atoms with Crippen LogP contribution in [0.25, 0.3) is 0 Å². The van der Waals surface area contributed by atoms with E-state index in [0.29, 0.717) is 19.8 Å². The molecule has 0 atom stereocenters. The highest BCUT2D eigenvalue weighted by molar-refractivity contribution is 5.79. The number of likely N-dealkylation sites (N-methyl/N-ethyl adjacent to an activating group) is 1. The number of nitrogens with one attached hydrogen (secondary N) is 1. The minimum absolute atomic E-state index is 0.321. The maximum atomic E-state index is 11.3. The van der Waals surface area contributed by atoms with Crippen LogP contribution in [0.2, 0.25) is 0 Å². The molecule has 0 aliphatic rings. The first-order valence-corrected chi connectivity index (χ1v) is 4.86. The molecular weight excluding hydrogens is 212 g/mol. The van der Waals surface area contributed by atoms with Crippen LogP contribution in [0.1, 0.15) is 6.92 Å². The van der Waals surface area contributed by atoms with Gasteiger partial charge in [0.25, 0.3) is 0 Å². The van der Waals surface area contributed by atoms with Crippen LogP contribution in [0.3, 0.4) is 0 Å². The second kappa shape index (κ2) is 7.70. The van der Waals surface area contributed by atoms with Crippen molar-refractivity contribution in [2.24, 2.45) is 0 Å². The number of carboxylic acid groups (broad SMARTS) is 1. The van der Waals surface area contributed by atoms with Crippen LogP contribution >= 0.6 is 0 Å². The summed E-state index contributed by atoms with van der Waals surface area (Å²) in [5, 5.41) is 11.0. The van der Waals surface area contributed by atoms with Gasteiger partial charge in [-0.25, -0.2) is 4.79 Å². The minimum atomic E-state index is -1.05. The number of carbonyl (C=O) groups excluding carboxylic acids is 1. The van der Waals surface area contributed by atoms with Crippen LogP contribution in [-0.4, -0.2) is 55.4 Å². The van der Waals surface area contributed by atoms with Crippen molar-refractivity contribution in [1.29, 1.82) is 0 Å². The molecule has 92 valence electrons. The van der Waals surface area contributed by atoms with E-state index in [0.717, 1.165) is 10.5 Å². The maximum Gasteiger partial charge on any atom is 0.323 e. The summed E-state index contributed by atoms with van der Waals surface area (Å²) < 4.78 is 5.16. The topological polar surface area (TPSA) is 78.9 Å². The van der Waals surface area contributed by atoms with E-state index < -0.39 is 12.0 Å². The number of carboxylic acids is 1. The fraction of sp³-hybridized carbons (Fsp3) is 0.600. The number of ether oxygens (including phenoxy) is 1. The van der Waals surface area contributed by atoms with Crippen LogP contribution in [0, 0.1) is 0 Å². The number of rotatable bonds is 7. The summed E-state index contributed by atoms with van der Waals surface area (Å²) in [6.07, 6.45) is 0. The molecule has 16 heavy (non-hydrogen) atoms. The third-order valence-electron chi connectivity index (χ3n) is 1.59. The lowest BCUT2D eigenvalue weighted by molar-refractivity contribution is -0.137. The lowest BCUT2D eigenvalue weighted by Gasteiger charge is -2.15. The van der Waals surface area contributed by atoms with Crippen molar-refractivity contribution < 1.29 is 19.4 Å². The standard InChI is InChI=1S/C10H18N2O4/c1-8(2)7-16-5-4-11-10(15)12(3)6-9(13)14/h1,4-7H2,2-3H3,(H,11,15)(H,13,14). The Labute approximate surface area is 94.9 Å². The average molecular weight is 230 g/mol. The van der Waals surface area contributed by atoms with Gasteiger partial charge in [0.2, 0.25) is 0 Å². The molecule has 0 saturated heterocycles. The van der Waals surface area contributed by atoms with E-state index in [1.165, 1.54) is 7.05 Å². The second-order valence-corrected chi connectivity index (χ2v) is 3.49. The summed E-state index contributed by atoms with van der Waals surface area (Å²) in [6.45, 7) is 6.37. The summed E-state index contributed by atoms with van der Waals surface area (Å²) in [6, 6.07) is -0.429. The Morgan fingerprint density at radius 3 is 2.62 bits per heavy atom. The Morgan fingerprint density at radius 1 is 1.50 bits per heavy atom. The highest BCUT2D eigenvalue weighted by Crippen LogP contribution is 1.87. The molecule has 6 nitrogen and oxygen atoms in total. The van der Waals surface area contributed by atoms with Gasteiger partial charge in [-0.3, -0.25) is 4.79 Å². The Balaban J connectivity index is 3.57. The van der Waals surface area contributed by atoms with E-state index in [4.69, 9.17) is 9.84 Å². The third kappa shape index (κ3) is 7.81. The number of hydrogen-bond donors (Lipinski definition) is 2. The summed E-state index contributed by atoms with van der Waals surface area (Å²) in [5.41, 5.74) is 0.911. The smallest absolute Gasteiger partial charge is 0.323 e. The fourth-order valence-corrected chi connectivity index (χ4v) is 0.886. The molecule has 0 heterocycles. The molecule has 0 aliphatic heterocycles. The molecule has 0 aliphatic carbocycles. The van der Waals surface area contributed by atoms with Crippen LogP contribution in [-0.2, 0) is 9.53 Å². The van der Waals surface area contributed by atoms with Crippen molar-refractivity contribution >= 4 is 12.0 Å². The van der Waals surface area contributed by atoms with Gasteiger partial charge in [0.1, 0.15) is 6.54 Å². The summed E-state index contributed by atoms with van der Waals surface area (Å²) in [4.78, 5) is 22.6. The molecule has 0 saturated carbocycles. The van der Waals surface area contributed by atoms with E-state index in [2.05, 4.69) is 11.9 Å². The van der Waals surface area contributed by atoms with Gasteiger partial charge in [-0.15, -0.1) is 0 Å². The van der Waals surface area contributed by atoms with Crippen molar-refractivity contribution in [1.82, 2.24) is 10.2 Å². The number of hydrogen-bond acceptors (Lipinski definition) is 3. The van der Waals surface area contributed by atoms with Crippen molar-refractivity contribution in [3.8, 4) is 0 Å². The molecule has 0 aromatic carbocycles. The van der Waals surface area contributed by atoms with Crippen LogP contribution in [0.5, 0.6) is 0 Å². The second-order valence-electron chi connectivity index (χ2n) is 3.49. The van der Waals surface area contributed by atoms with Gasteiger partial charge in [0.05, 0.1) is 13.2 Å². The monoisotopic (exact) mass is 230 g/mol. The van der Waals surface area contributed by atoms with Gasteiger partial charge < -0.3 is 20.1 Å². The van der Waals surface area contributed by atoms with Crippen LogP contribution < -0.4 is 5.32 Å². The lowest BCUT2D eigenvalue weighted by atomic mass is 10.4. The van der Waals surface area contributed by atoms with Crippen LogP contribution in [0.4, 0.5) is 4.79 Å². The maximum absolute atomic E-state index is 11.3. The van der Waals surface area contributed by atoms with E-state index >= 15 is 0 Å². The zero-order valence-corrected chi connectivity index (χ0v) is 9.65. The Hall–Kier alpha value is -1.56. The van der Waals surface area contributed by atoms with E-state index in [9.17, 15) is 9.59 Å². The SMILES string of the molecule is C=C(C)COCCNC(=O)N(C)CC(=O)O. The molecule has 0 fully saturated rings. The molecular formula is C10H18N2O4. The molecule has 0 spiro atoms. The van der Waals surface area contributed by atoms with Gasteiger partial charge in [0, 0.05) is 13.6 Å². The molecule has 2 amide bonds. The first kappa shape index (κ1) is 14.4.